The van der Waals surface area contributed by atoms with Gasteiger partial charge in [0.25, 0.3) is 5.91 Å². The summed E-state index contributed by atoms with van der Waals surface area (Å²) in [5.41, 5.74) is 3.88. The molecule has 1 aliphatic heterocycles. The van der Waals surface area contributed by atoms with Crippen molar-refractivity contribution in [3.8, 4) is 0 Å². The van der Waals surface area contributed by atoms with Gasteiger partial charge in [-0.3, -0.25) is 9.59 Å². The van der Waals surface area contributed by atoms with E-state index in [0.29, 0.717) is 29.4 Å². The van der Waals surface area contributed by atoms with E-state index < -0.39 is 0 Å². The van der Waals surface area contributed by atoms with E-state index >= 15 is 0 Å². The summed E-state index contributed by atoms with van der Waals surface area (Å²) >= 11 is 15.3. The fourth-order valence-corrected chi connectivity index (χ4v) is 5.85. The van der Waals surface area contributed by atoms with Crippen molar-refractivity contribution in [2.75, 3.05) is 18.1 Å². The zero-order chi connectivity index (χ0) is 23.9. The zero-order valence-electron chi connectivity index (χ0n) is 18.4. The lowest BCUT2D eigenvalue weighted by Crippen LogP contribution is -2.28. The molecule has 8 heteroatoms. The monoisotopic (exact) mass is 530 g/mol. The standard InChI is InChI=1S/C26H24Cl2N2O2S2/c27-22-9-1-18(2-10-22)15-30-24(31)17-34-26(30)21-7-5-20(6-8-21)25(32)29-13-14-33-16-19-3-11-23(28)12-4-19/h1-12,26H,13-17H2,(H,29,32)/t26-/m1/s1. The minimum absolute atomic E-state index is 0.0652. The largest absolute Gasteiger partial charge is 0.351 e. The van der Waals surface area contributed by atoms with Gasteiger partial charge in [-0.05, 0) is 53.1 Å². The average Bonchev–Trinajstić information content (AvgIpc) is 3.21. The summed E-state index contributed by atoms with van der Waals surface area (Å²) in [5.74, 6) is 2.18. The molecule has 0 aromatic heterocycles. The van der Waals surface area contributed by atoms with Gasteiger partial charge in [0.05, 0.1) is 5.75 Å². The molecule has 0 unspecified atom stereocenters. The Morgan fingerprint density at radius 3 is 2.21 bits per heavy atom. The molecular formula is C26H24Cl2N2O2S2. The van der Waals surface area contributed by atoms with E-state index in [1.165, 1.54) is 5.56 Å². The normalized spacial score (nSPS) is 15.5. The summed E-state index contributed by atoms with van der Waals surface area (Å²) in [6, 6.07) is 22.9. The number of nitrogens with one attached hydrogen (secondary N) is 1. The van der Waals surface area contributed by atoms with Crippen molar-refractivity contribution < 1.29 is 9.59 Å². The highest BCUT2D eigenvalue weighted by atomic mass is 35.5. The predicted octanol–water partition coefficient (Wildman–Crippen LogP) is 6.43. The molecule has 1 saturated heterocycles. The number of hydrogen-bond donors (Lipinski definition) is 1. The molecule has 3 aromatic carbocycles. The first-order valence-electron chi connectivity index (χ1n) is 10.9. The lowest BCUT2D eigenvalue weighted by Gasteiger charge is -2.24. The first-order valence-corrected chi connectivity index (χ1v) is 13.8. The molecule has 1 aliphatic rings. The van der Waals surface area contributed by atoms with Gasteiger partial charge in [0, 0.05) is 40.2 Å². The van der Waals surface area contributed by atoms with Gasteiger partial charge in [0.1, 0.15) is 5.37 Å². The summed E-state index contributed by atoms with van der Waals surface area (Å²) < 4.78 is 0. The van der Waals surface area contributed by atoms with Gasteiger partial charge < -0.3 is 10.2 Å². The molecule has 0 spiro atoms. The molecule has 176 valence electrons. The molecule has 1 atom stereocenters. The molecule has 3 aromatic rings. The van der Waals surface area contributed by atoms with Crippen LogP contribution in [-0.2, 0) is 17.1 Å². The van der Waals surface area contributed by atoms with Crippen LogP contribution in [0, 0.1) is 0 Å². The van der Waals surface area contributed by atoms with Gasteiger partial charge in [-0.25, -0.2) is 0 Å². The first-order chi connectivity index (χ1) is 16.5. The summed E-state index contributed by atoms with van der Waals surface area (Å²) in [6.07, 6.45) is 0. The second kappa shape index (κ2) is 12.0. The zero-order valence-corrected chi connectivity index (χ0v) is 21.5. The van der Waals surface area contributed by atoms with Crippen molar-refractivity contribution in [1.82, 2.24) is 10.2 Å². The van der Waals surface area contributed by atoms with Gasteiger partial charge in [-0.2, -0.15) is 11.8 Å². The van der Waals surface area contributed by atoms with E-state index in [2.05, 4.69) is 5.32 Å². The molecular weight excluding hydrogens is 507 g/mol. The minimum atomic E-state index is -0.0909. The van der Waals surface area contributed by atoms with Crippen LogP contribution in [0.2, 0.25) is 10.0 Å². The van der Waals surface area contributed by atoms with Crippen LogP contribution >= 0.6 is 46.7 Å². The van der Waals surface area contributed by atoms with Crippen molar-refractivity contribution >= 4 is 58.5 Å². The second-order valence-corrected chi connectivity index (χ2v) is 10.9. The number of rotatable bonds is 9. The Labute approximate surface area is 218 Å². The molecule has 0 bridgehead atoms. The third kappa shape index (κ3) is 6.72. The Balaban J connectivity index is 1.27. The number of hydrogen-bond acceptors (Lipinski definition) is 4. The van der Waals surface area contributed by atoms with Crippen LogP contribution in [0.5, 0.6) is 0 Å². The van der Waals surface area contributed by atoms with Crippen molar-refractivity contribution in [2.45, 2.75) is 17.7 Å². The topological polar surface area (TPSA) is 49.4 Å². The van der Waals surface area contributed by atoms with Crippen LogP contribution in [0.15, 0.2) is 72.8 Å². The Kier molecular flexibility index (Phi) is 8.84. The lowest BCUT2D eigenvalue weighted by atomic mass is 10.1. The van der Waals surface area contributed by atoms with Gasteiger partial charge in [0.2, 0.25) is 5.91 Å². The molecule has 0 radical (unpaired) electrons. The Morgan fingerprint density at radius 1 is 0.941 bits per heavy atom. The molecule has 4 rings (SSSR count). The maximum absolute atomic E-state index is 12.5. The van der Waals surface area contributed by atoms with E-state index in [4.69, 9.17) is 23.2 Å². The van der Waals surface area contributed by atoms with E-state index in [1.54, 1.807) is 23.5 Å². The Bertz CT molecular complexity index is 1120. The third-order valence-corrected chi connectivity index (χ3v) is 8.20. The fraction of sp³-hybridized carbons (Fsp3) is 0.231. The maximum Gasteiger partial charge on any atom is 0.251 e. The van der Waals surface area contributed by atoms with Crippen molar-refractivity contribution in [3.63, 3.8) is 0 Å². The molecule has 1 fully saturated rings. The van der Waals surface area contributed by atoms with E-state index in [-0.39, 0.29) is 17.2 Å². The summed E-state index contributed by atoms with van der Waals surface area (Å²) in [5, 5.41) is 4.32. The highest BCUT2D eigenvalue weighted by Crippen LogP contribution is 2.39. The average molecular weight is 532 g/mol. The quantitative estimate of drug-likeness (QED) is 0.324. The maximum atomic E-state index is 12.5. The molecule has 1 heterocycles. The molecule has 1 N–H and O–H groups in total. The van der Waals surface area contributed by atoms with E-state index in [1.807, 2.05) is 77.7 Å². The Hall–Kier alpha value is -2.12. The highest BCUT2D eigenvalue weighted by Gasteiger charge is 2.32. The minimum Gasteiger partial charge on any atom is -0.351 e. The third-order valence-electron chi connectivity index (χ3n) is 5.41. The van der Waals surface area contributed by atoms with Crippen LogP contribution < -0.4 is 5.32 Å². The van der Waals surface area contributed by atoms with E-state index in [9.17, 15) is 9.59 Å². The number of carbonyl (C=O) groups is 2. The van der Waals surface area contributed by atoms with Crippen LogP contribution in [0.1, 0.15) is 32.4 Å². The molecule has 0 aliphatic carbocycles. The van der Waals surface area contributed by atoms with Crippen LogP contribution in [0.4, 0.5) is 0 Å². The van der Waals surface area contributed by atoms with Gasteiger partial charge in [0.15, 0.2) is 0 Å². The lowest BCUT2D eigenvalue weighted by molar-refractivity contribution is -0.128. The smallest absolute Gasteiger partial charge is 0.251 e. The van der Waals surface area contributed by atoms with Gasteiger partial charge in [-0.15, -0.1) is 11.8 Å². The molecule has 0 saturated carbocycles. The number of halogens is 2. The summed E-state index contributed by atoms with van der Waals surface area (Å²) in [7, 11) is 0. The van der Waals surface area contributed by atoms with E-state index in [0.717, 1.165) is 27.7 Å². The number of thioether (sulfide) groups is 2. The van der Waals surface area contributed by atoms with Crippen LogP contribution in [-0.4, -0.2) is 34.8 Å². The molecule has 2 amide bonds. The molecule has 34 heavy (non-hydrogen) atoms. The highest BCUT2D eigenvalue weighted by molar-refractivity contribution is 8.00. The van der Waals surface area contributed by atoms with Crippen molar-refractivity contribution in [3.05, 3.63) is 105 Å². The van der Waals surface area contributed by atoms with Crippen LogP contribution in [0.25, 0.3) is 0 Å². The second-order valence-electron chi connectivity index (χ2n) is 7.87. The fourth-order valence-electron chi connectivity index (χ4n) is 3.60. The number of benzene rings is 3. The number of carbonyl (C=O) groups excluding carboxylic acids is 2. The summed E-state index contributed by atoms with van der Waals surface area (Å²) in [4.78, 5) is 26.9. The Morgan fingerprint density at radius 2 is 1.56 bits per heavy atom. The predicted molar refractivity (Wildman–Crippen MR) is 144 cm³/mol. The summed E-state index contributed by atoms with van der Waals surface area (Å²) in [6.45, 7) is 1.13. The van der Waals surface area contributed by atoms with Crippen LogP contribution in [0.3, 0.4) is 0 Å². The van der Waals surface area contributed by atoms with Gasteiger partial charge in [-0.1, -0.05) is 59.6 Å². The SMILES string of the molecule is O=C(NCCSCc1ccc(Cl)cc1)c1ccc([C@H]2SCC(=O)N2Cc2ccc(Cl)cc2)cc1. The van der Waals surface area contributed by atoms with Crippen molar-refractivity contribution in [2.24, 2.45) is 0 Å². The molecule has 4 nitrogen and oxygen atoms in total. The van der Waals surface area contributed by atoms with Gasteiger partial charge >= 0.3 is 0 Å². The number of nitrogens with zero attached hydrogens (tertiary/aromatic N) is 1. The van der Waals surface area contributed by atoms with Crippen molar-refractivity contribution in [1.29, 1.82) is 0 Å². The number of amides is 2. The first kappa shape index (κ1) is 25.0.